The molecule has 0 aromatic heterocycles. The highest BCUT2D eigenvalue weighted by Crippen LogP contribution is 2.39. The van der Waals surface area contributed by atoms with Crippen LogP contribution in [0.1, 0.15) is 45.1 Å². The van der Waals surface area contributed by atoms with Crippen molar-refractivity contribution in [3.8, 4) is 5.75 Å². The Balaban J connectivity index is 1.50. The second kappa shape index (κ2) is 9.67. The summed E-state index contributed by atoms with van der Waals surface area (Å²) >= 11 is 0. The minimum Gasteiger partial charge on any atom is -0.485 e. The number of hydrogen-bond acceptors (Lipinski definition) is 5. The highest BCUT2D eigenvalue weighted by atomic mass is 16.5. The number of fused-ring (bicyclic) bond motifs is 1. The first kappa shape index (κ1) is 21.6. The minimum atomic E-state index is -0.270. The van der Waals surface area contributed by atoms with Gasteiger partial charge in [-0.1, -0.05) is 32.0 Å². The van der Waals surface area contributed by atoms with Gasteiger partial charge in [0.1, 0.15) is 11.4 Å². The second-order valence-electron chi connectivity index (χ2n) is 8.98. The van der Waals surface area contributed by atoms with Crippen molar-refractivity contribution in [2.24, 2.45) is 0 Å². The van der Waals surface area contributed by atoms with Gasteiger partial charge in [0.2, 0.25) is 5.91 Å². The van der Waals surface area contributed by atoms with Crippen molar-refractivity contribution >= 4 is 5.91 Å². The average Bonchev–Trinajstić information content (AvgIpc) is 2.95. The summed E-state index contributed by atoms with van der Waals surface area (Å²) in [5, 5.41) is 0. The average molecular weight is 416 g/mol. The van der Waals surface area contributed by atoms with Crippen LogP contribution in [0.2, 0.25) is 0 Å². The van der Waals surface area contributed by atoms with Crippen LogP contribution in [0.3, 0.4) is 0 Å². The molecule has 0 N–H and O–H groups in total. The number of amides is 1. The maximum absolute atomic E-state index is 13.2. The number of hydrogen-bond donors (Lipinski definition) is 0. The van der Waals surface area contributed by atoms with Crippen molar-refractivity contribution in [3.05, 3.63) is 29.8 Å². The van der Waals surface area contributed by atoms with E-state index < -0.39 is 0 Å². The number of likely N-dealkylation sites (N-methyl/N-ethyl adjacent to an activating group) is 1. The van der Waals surface area contributed by atoms with Gasteiger partial charge in [-0.3, -0.25) is 14.6 Å². The molecule has 1 aliphatic carbocycles. The molecule has 1 aromatic carbocycles. The number of nitrogens with zero attached hydrogens (tertiary/aromatic N) is 3. The van der Waals surface area contributed by atoms with Gasteiger partial charge in [-0.15, -0.1) is 0 Å². The van der Waals surface area contributed by atoms with Gasteiger partial charge in [-0.25, -0.2) is 0 Å². The smallest absolute Gasteiger partial charge is 0.237 e. The molecule has 1 spiro atoms. The van der Waals surface area contributed by atoms with Crippen molar-refractivity contribution < 1.29 is 14.3 Å². The number of ether oxygens (including phenoxy) is 2. The second-order valence-corrected chi connectivity index (χ2v) is 8.98. The van der Waals surface area contributed by atoms with Gasteiger partial charge >= 0.3 is 0 Å². The summed E-state index contributed by atoms with van der Waals surface area (Å²) in [6.07, 6.45) is 4.25. The summed E-state index contributed by atoms with van der Waals surface area (Å²) in [7, 11) is 0. The standard InChI is InChI=1S/C24H37N3O3/c1-3-25(4-2)18-23(28)27-17-20-7-5-6-8-22(20)30-24(19-27)11-9-21(10-12-24)26-13-15-29-16-14-26/h5-8,21H,3-4,9-19H2,1-2H3. The first-order chi connectivity index (χ1) is 14.6. The Bertz CT molecular complexity index is 707. The predicted molar refractivity (Wildman–Crippen MR) is 118 cm³/mol. The first-order valence-electron chi connectivity index (χ1n) is 11.7. The number of rotatable bonds is 5. The first-order valence-corrected chi connectivity index (χ1v) is 11.7. The zero-order chi connectivity index (χ0) is 21.0. The third-order valence-corrected chi connectivity index (χ3v) is 7.17. The molecule has 6 heteroatoms. The van der Waals surface area contributed by atoms with Crippen LogP contribution < -0.4 is 4.74 Å². The number of para-hydroxylation sites is 1. The third kappa shape index (κ3) is 4.82. The fourth-order valence-corrected chi connectivity index (χ4v) is 5.22. The lowest BCUT2D eigenvalue weighted by Crippen LogP contribution is -2.54. The molecule has 0 unspecified atom stereocenters. The molecular weight excluding hydrogens is 378 g/mol. The molecule has 166 valence electrons. The Morgan fingerprint density at radius 2 is 1.83 bits per heavy atom. The fraction of sp³-hybridized carbons (Fsp3) is 0.708. The van der Waals surface area contributed by atoms with Crippen LogP contribution in [0.15, 0.2) is 24.3 Å². The Labute approximate surface area is 181 Å². The van der Waals surface area contributed by atoms with E-state index in [-0.39, 0.29) is 11.5 Å². The number of carbonyl (C=O) groups excluding carboxylic acids is 1. The molecule has 6 nitrogen and oxygen atoms in total. The van der Waals surface area contributed by atoms with E-state index in [4.69, 9.17) is 9.47 Å². The number of benzene rings is 1. The summed E-state index contributed by atoms with van der Waals surface area (Å²) in [5.41, 5.74) is 0.853. The zero-order valence-corrected chi connectivity index (χ0v) is 18.6. The molecule has 1 saturated heterocycles. The maximum Gasteiger partial charge on any atom is 0.237 e. The molecule has 3 aliphatic rings. The summed E-state index contributed by atoms with van der Waals surface area (Å²) in [6, 6.07) is 8.87. The molecule has 2 heterocycles. The van der Waals surface area contributed by atoms with Crippen LogP contribution in [0.5, 0.6) is 5.75 Å². The van der Waals surface area contributed by atoms with Crippen LogP contribution in [0.4, 0.5) is 0 Å². The van der Waals surface area contributed by atoms with Crippen molar-refractivity contribution in [2.45, 2.75) is 57.7 Å². The Morgan fingerprint density at radius 3 is 2.53 bits per heavy atom. The Kier molecular flexibility index (Phi) is 6.96. The van der Waals surface area contributed by atoms with Crippen molar-refractivity contribution in [3.63, 3.8) is 0 Å². The summed E-state index contributed by atoms with van der Waals surface area (Å²) in [4.78, 5) is 20.1. The zero-order valence-electron chi connectivity index (χ0n) is 18.6. The van der Waals surface area contributed by atoms with Gasteiger partial charge in [-0.2, -0.15) is 0 Å². The summed E-state index contributed by atoms with van der Waals surface area (Å²) < 4.78 is 12.2. The highest BCUT2D eigenvalue weighted by Gasteiger charge is 2.43. The van der Waals surface area contributed by atoms with E-state index in [9.17, 15) is 4.79 Å². The monoisotopic (exact) mass is 415 g/mol. The molecule has 30 heavy (non-hydrogen) atoms. The van der Waals surface area contributed by atoms with E-state index in [1.165, 1.54) is 0 Å². The van der Waals surface area contributed by atoms with E-state index >= 15 is 0 Å². The maximum atomic E-state index is 13.2. The normalized spacial score (nSPS) is 27.6. The van der Waals surface area contributed by atoms with Gasteiger partial charge in [0.25, 0.3) is 0 Å². The quantitative estimate of drug-likeness (QED) is 0.740. The Hall–Kier alpha value is -1.63. The number of carbonyl (C=O) groups is 1. The molecule has 1 aromatic rings. The third-order valence-electron chi connectivity index (χ3n) is 7.17. The van der Waals surface area contributed by atoms with E-state index in [1.54, 1.807) is 0 Å². The fourth-order valence-electron chi connectivity index (χ4n) is 5.22. The Morgan fingerprint density at radius 1 is 1.13 bits per heavy atom. The SMILES string of the molecule is CCN(CC)CC(=O)N1Cc2ccccc2OC2(CCC(N3CCOCC3)CC2)C1. The van der Waals surface area contributed by atoms with E-state index in [0.29, 0.717) is 25.7 Å². The molecule has 2 aliphatic heterocycles. The molecule has 2 fully saturated rings. The topological polar surface area (TPSA) is 45.2 Å². The van der Waals surface area contributed by atoms with Gasteiger partial charge in [-0.05, 0) is 44.8 Å². The van der Waals surface area contributed by atoms with Crippen LogP contribution in [0, 0.1) is 0 Å². The van der Waals surface area contributed by atoms with Gasteiger partial charge in [0, 0.05) is 31.2 Å². The van der Waals surface area contributed by atoms with E-state index in [0.717, 1.165) is 76.4 Å². The van der Waals surface area contributed by atoms with Crippen LogP contribution in [-0.4, -0.2) is 84.7 Å². The van der Waals surface area contributed by atoms with Crippen LogP contribution in [0.25, 0.3) is 0 Å². The van der Waals surface area contributed by atoms with Crippen LogP contribution in [-0.2, 0) is 16.1 Å². The predicted octanol–water partition coefficient (Wildman–Crippen LogP) is 2.76. The highest BCUT2D eigenvalue weighted by molar-refractivity contribution is 5.78. The van der Waals surface area contributed by atoms with Crippen LogP contribution >= 0.6 is 0 Å². The molecule has 0 radical (unpaired) electrons. The van der Waals surface area contributed by atoms with Crippen molar-refractivity contribution in [1.29, 1.82) is 0 Å². The molecule has 1 saturated carbocycles. The van der Waals surface area contributed by atoms with Crippen molar-refractivity contribution in [1.82, 2.24) is 14.7 Å². The van der Waals surface area contributed by atoms with Crippen molar-refractivity contribution in [2.75, 3.05) is 52.5 Å². The largest absolute Gasteiger partial charge is 0.485 e. The molecule has 0 bridgehead atoms. The molecule has 1 amide bonds. The lowest BCUT2D eigenvalue weighted by Gasteiger charge is -2.45. The van der Waals surface area contributed by atoms with E-state index in [2.05, 4.69) is 40.7 Å². The molecule has 4 rings (SSSR count). The summed E-state index contributed by atoms with van der Waals surface area (Å²) in [5.74, 6) is 1.18. The molecular formula is C24H37N3O3. The minimum absolute atomic E-state index is 0.216. The van der Waals surface area contributed by atoms with Gasteiger partial charge in [0.05, 0.1) is 26.3 Å². The van der Waals surface area contributed by atoms with Gasteiger partial charge < -0.3 is 14.4 Å². The lowest BCUT2D eigenvalue weighted by atomic mass is 9.80. The summed E-state index contributed by atoms with van der Waals surface area (Å²) in [6.45, 7) is 11.6. The number of morpholine rings is 1. The van der Waals surface area contributed by atoms with E-state index in [1.807, 2.05) is 12.1 Å². The van der Waals surface area contributed by atoms with Gasteiger partial charge in [0.15, 0.2) is 0 Å². The molecule has 0 atom stereocenters. The lowest BCUT2D eigenvalue weighted by molar-refractivity contribution is -0.136.